The second-order valence-corrected chi connectivity index (χ2v) is 6.40. The van der Waals surface area contributed by atoms with Crippen molar-refractivity contribution in [2.45, 2.75) is 37.5 Å². The first-order valence-corrected chi connectivity index (χ1v) is 8.11. The predicted molar refractivity (Wildman–Crippen MR) is 85.5 cm³/mol. The number of nitrogens with one attached hydrogen (secondary N) is 1. The third-order valence-corrected chi connectivity index (χ3v) is 4.98. The van der Waals surface area contributed by atoms with Crippen LogP contribution < -0.4 is 11.1 Å². The molecule has 0 radical (unpaired) electrons. The lowest BCUT2D eigenvalue weighted by Gasteiger charge is -2.17. The van der Waals surface area contributed by atoms with Crippen molar-refractivity contribution >= 4 is 29.1 Å². The number of carbonyl (C=O) groups excluding carboxylic acids is 1. The van der Waals surface area contributed by atoms with Crippen molar-refractivity contribution in [1.82, 2.24) is 0 Å². The predicted octanol–water partition coefficient (Wildman–Crippen LogP) is 3.06. The summed E-state index contributed by atoms with van der Waals surface area (Å²) in [6, 6.07) is 4.26. The second kappa shape index (κ2) is 6.39. The summed E-state index contributed by atoms with van der Waals surface area (Å²) in [6.07, 6.45) is 5.74. The van der Waals surface area contributed by atoms with Gasteiger partial charge in [0.1, 0.15) is 0 Å². The van der Waals surface area contributed by atoms with Crippen molar-refractivity contribution in [3.8, 4) is 0 Å². The fraction of sp³-hybridized carbons (Fsp3) is 0.533. The number of esters is 1. The molecule has 0 aromatic heterocycles. The van der Waals surface area contributed by atoms with Crippen molar-refractivity contribution in [2.75, 3.05) is 24.4 Å². The fourth-order valence-electron chi connectivity index (χ4n) is 2.68. The van der Waals surface area contributed by atoms with Crippen LogP contribution in [0.5, 0.6) is 0 Å². The molecule has 20 heavy (non-hydrogen) atoms. The molecule has 0 saturated heterocycles. The quantitative estimate of drug-likeness (QED) is 0.660. The van der Waals surface area contributed by atoms with Crippen LogP contribution in [-0.2, 0) is 4.74 Å². The minimum Gasteiger partial charge on any atom is -0.465 e. The van der Waals surface area contributed by atoms with E-state index >= 15 is 0 Å². The van der Waals surface area contributed by atoms with Crippen LogP contribution in [0.3, 0.4) is 0 Å². The first kappa shape index (κ1) is 15.0. The molecule has 0 bridgehead atoms. The van der Waals surface area contributed by atoms with Gasteiger partial charge >= 0.3 is 5.97 Å². The van der Waals surface area contributed by atoms with E-state index in [2.05, 4.69) is 11.6 Å². The Morgan fingerprint density at radius 1 is 1.45 bits per heavy atom. The molecule has 110 valence electrons. The smallest absolute Gasteiger partial charge is 0.340 e. The molecular formula is C15H22N2O2S. The van der Waals surface area contributed by atoms with E-state index in [4.69, 9.17) is 10.5 Å². The number of nitrogens with two attached hydrogens (primary N) is 1. The Labute approximate surface area is 124 Å². The number of hydrogen-bond donors (Lipinski definition) is 2. The average molecular weight is 294 g/mol. The van der Waals surface area contributed by atoms with E-state index in [-0.39, 0.29) is 5.97 Å². The number of benzene rings is 1. The molecule has 1 aromatic carbocycles. The Hall–Kier alpha value is -1.36. The van der Waals surface area contributed by atoms with E-state index in [1.54, 1.807) is 6.07 Å². The number of anilines is 2. The van der Waals surface area contributed by atoms with E-state index in [0.717, 1.165) is 22.9 Å². The summed E-state index contributed by atoms with van der Waals surface area (Å²) in [7, 11) is 1.37. The maximum atomic E-state index is 11.7. The van der Waals surface area contributed by atoms with Crippen LogP contribution in [0.2, 0.25) is 0 Å². The number of nitrogen functional groups attached to an aromatic ring is 1. The van der Waals surface area contributed by atoms with E-state index in [0.29, 0.717) is 17.3 Å². The molecule has 0 aliphatic heterocycles. The number of thioether (sulfide) groups is 1. The summed E-state index contributed by atoms with van der Waals surface area (Å²) < 4.78 is 4.78. The molecule has 2 unspecified atom stereocenters. The largest absolute Gasteiger partial charge is 0.465 e. The summed E-state index contributed by atoms with van der Waals surface area (Å²) in [5.41, 5.74) is 8.73. The molecule has 4 nitrogen and oxygen atoms in total. The van der Waals surface area contributed by atoms with E-state index in [1.807, 2.05) is 24.8 Å². The van der Waals surface area contributed by atoms with Crippen LogP contribution in [0.15, 0.2) is 12.1 Å². The first-order valence-electron chi connectivity index (χ1n) is 6.83. The number of aryl methyl sites for hydroxylation is 1. The van der Waals surface area contributed by atoms with Gasteiger partial charge in [0.25, 0.3) is 0 Å². The molecule has 1 aliphatic rings. The first-order chi connectivity index (χ1) is 9.55. The molecule has 1 fully saturated rings. The van der Waals surface area contributed by atoms with Gasteiger partial charge in [-0.1, -0.05) is 0 Å². The molecule has 0 amide bonds. The topological polar surface area (TPSA) is 64.3 Å². The molecule has 3 N–H and O–H groups in total. The lowest BCUT2D eigenvalue weighted by atomic mass is 10.1. The average Bonchev–Trinajstić information content (AvgIpc) is 2.89. The maximum Gasteiger partial charge on any atom is 0.340 e. The SMILES string of the molecule is COC(=O)c1cc(NC2CCC(SC)C2)cc(C)c1N. The Bertz CT molecular complexity index is 505. The standard InChI is InChI=1S/C15H22N2O2S/c1-9-6-11(8-13(14(9)16)15(18)19-2)17-10-4-5-12(7-10)20-3/h6,8,10,12,17H,4-5,7,16H2,1-3H3. The van der Waals surface area contributed by atoms with Crippen molar-refractivity contribution in [2.24, 2.45) is 0 Å². The Kier molecular flexibility index (Phi) is 4.81. The van der Waals surface area contributed by atoms with Crippen LogP contribution in [-0.4, -0.2) is 30.6 Å². The van der Waals surface area contributed by atoms with Crippen LogP contribution in [0.4, 0.5) is 11.4 Å². The molecule has 1 aliphatic carbocycles. The highest BCUT2D eigenvalue weighted by Crippen LogP contribution is 2.31. The zero-order valence-electron chi connectivity index (χ0n) is 12.2. The zero-order chi connectivity index (χ0) is 14.7. The summed E-state index contributed by atoms with van der Waals surface area (Å²) in [6.45, 7) is 1.91. The van der Waals surface area contributed by atoms with Gasteiger partial charge in [-0.2, -0.15) is 11.8 Å². The van der Waals surface area contributed by atoms with Crippen molar-refractivity contribution in [1.29, 1.82) is 0 Å². The molecule has 2 atom stereocenters. The van der Waals surface area contributed by atoms with Gasteiger partial charge in [-0.25, -0.2) is 4.79 Å². The summed E-state index contributed by atoms with van der Waals surface area (Å²) in [5.74, 6) is -0.386. The van der Waals surface area contributed by atoms with Gasteiger partial charge in [-0.3, -0.25) is 0 Å². The molecule has 5 heteroatoms. The number of ether oxygens (including phenoxy) is 1. The Morgan fingerprint density at radius 3 is 2.80 bits per heavy atom. The number of carbonyl (C=O) groups is 1. The minimum absolute atomic E-state index is 0.386. The van der Waals surface area contributed by atoms with Crippen molar-refractivity contribution < 1.29 is 9.53 Å². The molecule has 2 rings (SSSR count). The van der Waals surface area contributed by atoms with Gasteiger partial charge < -0.3 is 15.8 Å². The molecular weight excluding hydrogens is 272 g/mol. The van der Waals surface area contributed by atoms with Gasteiger partial charge in [0, 0.05) is 22.7 Å². The zero-order valence-corrected chi connectivity index (χ0v) is 13.0. The second-order valence-electron chi connectivity index (χ2n) is 5.26. The van der Waals surface area contributed by atoms with Crippen LogP contribution >= 0.6 is 11.8 Å². The highest BCUT2D eigenvalue weighted by molar-refractivity contribution is 7.99. The van der Waals surface area contributed by atoms with Crippen LogP contribution in [0.1, 0.15) is 35.2 Å². The van der Waals surface area contributed by atoms with Gasteiger partial charge in [-0.15, -0.1) is 0 Å². The van der Waals surface area contributed by atoms with Crippen LogP contribution in [0.25, 0.3) is 0 Å². The molecule has 1 aromatic rings. The molecule has 0 spiro atoms. The Morgan fingerprint density at radius 2 is 2.20 bits per heavy atom. The third kappa shape index (κ3) is 3.20. The van der Waals surface area contributed by atoms with Gasteiger partial charge in [0.15, 0.2) is 0 Å². The van der Waals surface area contributed by atoms with Crippen LogP contribution in [0, 0.1) is 6.92 Å². The van der Waals surface area contributed by atoms with E-state index in [1.165, 1.54) is 20.0 Å². The normalized spacial score (nSPS) is 21.8. The summed E-state index contributed by atoms with van der Waals surface area (Å²) in [5, 5.41) is 4.25. The minimum atomic E-state index is -0.386. The lowest BCUT2D eigenvalue weighted by Crippen LogP contribution is -2.17. The van der Waals surface area contributed by atoms with Gasteiger partial charge in [0.05, 0.1) is 12.7 Å². The number of rotatable bonds is 4. The summed E-state index contributed by atoms with van der Waals surface area (Å²) >= 11 is 1.93. The summed E-state index contributed by atoms with van der Waals surface area (Å²) in [4.78, 5) is 11.7. The maximum absolute atomic E-state index is 11.7. The number of hydrogen-bond acceptors (Lipinski definition) is 5. The fourth-order valence-corrected chi connectivity index (χ4v) is 3.48. The van der Waals surface area contributed by atoms with E-state index < -0.39 is 0 Å². The number of methoxy groups -OCH3 is 1. The molecule has 0 heterocycles. The highest BCUT2D eigenvalue weighted by atomic mass is 32.2. The monoisotopic (exact) mass is 294 g/mol. The molecule has 1 saturated carbocycles. The Balaban J connectivity index is 2.16. The van der Waals surface area contributed by atoms with Gasteiger partial charge in [-0.05, 0) is 50.1 Å². The van der Waals surface area contributed by atoms with E-state index in [9.17, 15) is 4.79 Å². The lowest BCUT2D eigenvalue weighted by molar-refractivity contribution is 0.0602. The third-order valence-electron chi connectivity index (χ3n) is 3.88. The van der Waals surface area contributed by atoms with Gasteiger partial charge in [0.2, 0.25) is 0 Å². The highest BCUT2D eigenvalue weighted by Gasteiger charge is 2.24. The van der Waals surface area contributed by atoms with Crippen molar-refractivity contribution in [3.05, 3.63) is 23.3 Å². The van der Waals surface area contributed by atoms with Crippen molar-refractivity contribution in [3.63, 3.8) is 0 Å².